The van der Waals surface area contributed by atoms with E-state index in [4.69, 9.17) is 0 Å². The van der Waals surface area contributed by atoms with E-state index in [1.165, 1.54) is 18.2 Å². The molecule has 5 aromatic carbocycles. The summed E-state index contributed by atoms with van der Waals surface area (Å²) >= 11 is 2.71. The molecular weight excluding hydrogens is 715 g/mol. The van der Waals surface area contributed by atoms with Crippen LogP contribution in [0, 0.1) is 29.6 Å². The highest BCUT2D eigenvalue weighted by atomic mass is 32.1. The molecule has 0 aliphatic carbocycles. The molecule has 54 heavy (non-hydrogen) atoms. The van der Waals surface area contributed by atoms with Crippen LogP contribution in [0.15, 0.2) is 132 Å². The molecule has 0 atom stereocenters. The van der Waals surface area contributed by atoms with Crippen LogP contribution in [0.4, 0.5) is 17.1 Å². The first-order chi connectivity index (χ1) is 26.2. The Morgan fingerprint density at radius 1 is 0.648 bits per heavy atom. The predicted molar refractivity (Wildman–Crippen MR) is 213 cm³/mol. The van der Waals surface area contributed by atoms with E-state index in [-0.39, 0.29) is 0 Å². The molecular formula is C43H27N5O4S2. The van der Waals surface area contributed by atoms with Crippen LogP contribution in [-0.4, -0.2) is 30.9 Å². The summed E-state index contributed by atoms with van der Waals surface area (Å²) in [7, 11) is 0. The van der Waals surface area contributed by atoms with Crippen LogP contribution in [0.25, 0.3) is 55.2 Å². The number of carboxylic acids is 2. The Hall–Kier alpha value is -7.18. The lowest BCUT2D eigenvalue weighted by Crippen LogP contribution is -2.09. The van der Waals surface area contributed by atoms with E-state index in [0.717, 1.165) is 55.2 Å². The van der Waals surface area contributed by atoms with Crippen LogP contribution in [0.2, 0.25) is 0 Å². The van der Waals surface area contributed by atoms with Crippen molar-refractivity contribution in [2.75, 3.05) is 4.90 Å². The van der Waals surface area contributed by atoms with E-state index in [1.54, 1.807) is 35.6 Å². The number of carbonyl (C=O) groups is 2. The van der Waals surface area contributed by atoms with E-state index >= 15 is 0 Å². The number of benzene rings is 5. The number of nitrogens with zero attached hydrogens (tertiary/aromatic N) is 5. The van der Waals surface area contributed by atoms with E-state index in [1.807, 2.05) is 48.5 Å². The van der Waals surface area contributed by atoms with Gasteiger partial charge in [0.25, 0.3) is 0 Å². The summed E-state index contributed by atoms with van der Waals surface area (Å²) in [6.45, 7) is 2.08. The largest absolute Gasteiger partial charge is 0.477 e. The van der Waals surface area contributed by atoms with Gasteiger partial charge in [-0.25, -0.2) is 9.59 Å². The molecule has 7 aromatic rings. The summed E-state index contributed by atoms with van der Waals surface area (Å²) in [4.78, 5) is 27.6. The fourth-order valence-corrected chi connectivity index (χ4v) is 7.96. The average molecular weight is 742 g/mol. The number of hydrogen-bond donors (Lipinski definition) is 2. The number of para-hydroxylation sites is 2. The molecule has 0 amide bonds. The molecule has 260 valence electrons. The van der Waals surface area contributed by atoms with Crippen molar-refractivity contribution < 1.29 is 19.8 Å². The van der Waals surface area contributed by atoms with Crippen LogP contribution in [0.5, 0.6) is 0 Å². The number of hydrogen-bond acceptors (Lipinski definition) is 9. The lowest BCUT2D eigenvalue weighted by molar-refractivity contribution is -0.133. The van der Waals surface area contributed by atoms with Gasteiger partial charge in [0.05, 0.1) is 11.7 Å². The molecule has 2 N–H and O–H groups in total. The summed E-state index contributed by atoms with van der Waals surface area (Å²) in [5.74, 6) is -2.80. The number of thiophene rings is 1. The van der Waals surface area contributed by atoms with Gasteiger partial charge in [0.1, 0.15) is 34.3 Å². The number of aliphatic carboxylic acids is 2. The standard InChI is InChI=1S/C43H27N5O4S2/c1-26-18-38(53-41(26)29-12-14-35(15-13-29)48(33-8-4-2-5-9-33)34-10-6-3-7-11-34)37-17-16-36(39-40(37)47-54-46-39)30-20-27(22-31(24-44)42(49)50)19-28(21-30)23-32(25-45)43(51)52/h2-23H,1H3,(H,49,50)(H,51,52)/b31-22+,32-23+. The van der Waals surface area contributed by atoms with Gasteiger partial charge in [-0.1, -0.05) is 60.7 Å². The van der Waals surface area contributed by atoms with Crippen LogP contribution in [0.1, 0.15) is 16.7 Å². The maximum Gasteiger partial charge on any atom is 0.346 e. The zero-order valence-electron chi connectivity index (χ0n) is 28.5. The summed E-state index contributed by atoms with van der Waals surface area (Å²) < 4.78 is 9.28. The number of nitriles is 2. The Kier molecular flexibility index (Phi) is 9.92. The smallest absolute Gasteiger partial charge is 0.346 e. The Morgan fingerprint density at radius 3 is 1.67 bits per heavy atom. The number of carboxylic acid groups (broad SMARTS) is 2. The van der Waals surface area contributed by atoms with Gasteiger partial charge in [0, 0.05) is 37.9 Å². The molecule has 0 radical (unpaired) electrons. The summed E-state index contributed by atoms with van der Waals surface area (Å²) in [6.07, 6.45) is 2.40. The third kappa shape index (κ3) is 7.14. The molecule has 2 aromatic heterocycles. The molecule has 0 aliphatic rings. The first-order valence-electron chi connectivity index (χ1n) is 16.5. The van der Waals surface area contributed by atoms with Crippen molar-refractivity contribution in [3.05, 3.63) is 149 Å². The van der Waals surface area contributed by atoms with Crippen LogP contribution in [-0.2, 0) is 9.59 Å². The monoisotopic (exact) mass is 741 g/mol. The second-order valence-corrected chi connectivity index (χ2v) is 13.7. The Bertz CT molecular complexity index is 2600. The van der Waals surface area contributed by atoms with Gasteiger partial charge < -0.3 is 15.1 Å². The maximum absolute atomic E-state index is 11.6. The lowest BCUT2D eigenvalue weighted by Gasteiger charge is -2.25. The average Bonchev–Trinajstić information content (AvgIpc) is 3.84. The van der Waals surface area contributed by atoms with Crippen LogP contribution < -0.4 is 4.90 Å². The predicted octanol–water partition coefficient (Wildman–Crippen LogP) is 10.5. The first-order valence-corrected chi connectivity index (χ1v) is 18.0. The van der Waals surface area contributed by atoms with Gasteiger partial charge in [0.2, 0.25) is 0 Å². The number of anilines is 3. The Morgan fingerprint density at radius 2 is 1.15 bits per heavy atom. The molecule has 0 unspecified atom stereocenters. The SMILES string of the molecule is Cc1cc(-c2ccc(-c3cc(/C=C(\C#N)C(=O)O)cc(/C=C(\C#N)C(=O)O)c3)c3nsnc23)sc1-c1ccc(N(c2ccccc2)c2ccccc2)cc1. The molecule has 0 spiro atoms. The van der Waals surface area contributed by atoms with Crippen LogP contribution >= 0.6 is 23.1 Å². The van der Waals surface area contributed by atoms with Gasteiger partial charge in [-0.15, -0.1) is 11.3 Å². The van der Waals surface area contributed by atoms with Crippen molar-refractivity contribution in [1.29, 1.82) is 10.5 Å². The third-order valence-corrected chi connectivity index (χ3v) is 10.5. The molecule has 0 bridgehead atoms. The van der Waals surface area contributed by atoms with Crippen molar-refractivity contribution in [1.82, 2.24) is 8.75 Å². The maximum atomic E-state index is 11.6. The minimum absolute atomic E-state index is 0.334. The van der Waals surface area contributed by atoms with Crippen molar-refractivity contribution >= 4 is 75.3 Å². The van der Waals surface area contributed by atoms with Crippen molar-refractivity contribution in [3.63, 3.8) is 0 Å². The lowest BCUT2D eigenvalue weighted by atomic mass is 9.95. The molecule has 7 rings (SSSR count). The highest BCUT2D eigenvalue weighted by molar-refractivity contribution is 7.19. The number of aryl methyl sites for hydroxylation is 1. The third-order valence-electron chi connectivity index (χ3n) is 8.63. The zero-order valence-corrected chi connectivity index (χ0v) is 30.1. The number of fused-ring (bicyclic) bond motifs is 1. The van der Waals surface area contributed by atoms with Crippen molar-refractivity contribution in [2.45, 2.75) is 6.92 Å². The quantitative estimate of drug-likeness (QED) is 0.103. The van der Waals surface area contributed by atoms with Crippen molar-refractivity contribution in [3.8, 4) is 44.1 Å². The number of rotatable bonds is 10. The second kappa shape index (κ2) is 15.2. The summed E-state index contributed by atoms with van der Waals surface area (Å²) in [6, 6.07) is 43.2. The molecule has 0 fully saturated rings. The fourth-order valence-electron chi connectivity index (χ4n) is 6.18. The molecule has 0 saturated carbocycles. The van der Waals surface area contributed by atoms with Crippen LogP contribution in [0.3, 0.4) is 0 Å². The Balaban J connectivity index is 1.27. The molecule has 2 heterocycles. The van der Waals surface area contributed by atoms with Gasteiger partial charge in [-0.05, 0) is 108 Å². The van der Waals surface area contributed by atoms with Gasteiger partial charge in [-0.2, -0.15) is 19.3 Å². The second-order valence-electron chi connectivity index (χ2n) is 12.1. The normalized spacial score (nSPS) is 11.5. The molecule has 0 aliphatic heterocycles. The van der Waals surface area contributed by atoms with Gasteiger partial charge in [-0.3, -0.25) is 0 Å². The van der Waals surface area contributed by atoms with E-state index in [2.05, 4.69) is 75.2 Å². The molecule has 11 heteroatoms. The highest BCUT2D eigenvalue weighted by Gasteiger charge is 2.19. The minimum atomic E-state index is -1.40. The minimum Gasteiger partial charge on any atom is -0.477 e. The van der Waals surface area contributed by atoms with Gasteiger partial charge in [0.15, 0.2) is 0 Å². The topological polar surface area (TPSA) is 151 Å². The zero-order chi connectivity index (χ0) is 37.8. The van der Waals surface area contributed by atoms with E-state index < -0.39 is 23.1 Å². The van der Waals surface area contributed by atoms with Crippen molar-refractivity contribution in [2.24, 2.45) is 0 Å². The highest BCUT2D eigenvalue weighted by Crippen LogP contribution is 2.43. The summed E-state index contributed by atoms with van der Waals surface area (Å²) in [5.41, 5.74) is 8.43. The summed E-state index contributed by atoms with van der Waals surface area (Å²) in [5, 5.41) is 37.7. The number of aromatic nitrogens is 2. The van der Waals surface area contributed by atoms with Gasteiger partial charge >= 0.3 is 11.9 Å². The first kappa shape index (κ1) is 35.2. The Labute approximate surface area is 318 Å². The molecule has 9 nitrogen and oxygen atoms in total. The fraction of sp³-hybridized carbons (Fsp3) is 0.0233. The van der Waals surface area contributed by atoms with E-state index in [0.29, 0.717) is 33.3 Å². The molecule has 0 saturated heterocycles. The van der Waals surface area contributed by atoms with E-state index in [9.17, 15) is 30.3 Å².